The molecule has 0 aliphatic heterocycles. The number of aryl methyl sites for hydroxylation is 1. The molecule has 2 aliphatic rings. The quantitative estimate of drug-likeness (QED) is 0.173. The molecule has 2 aromatic heterocycles. The minimum atomic E-state index is -0.410. The van der Waals surface area contributed by atoms with E-state index in [0.717, 1.165) is 74.6 Å². The van der Waals surface area contributed by atoms with Crippen molar-refractivity contribution in [3.63, 3.8) is 0 Å². The van der Waals surface area contributed by atoms with Gasteiger partial charge in [-0.15, -0.1) is 23.5 Å². The standard InChI is InChI=1S/C17H19NO2S.C16H16BrNO2S/c1-3-20-16(19)17(8-4-9-17)21-15-7-10-18-14-6-5-12(2)11-13(14)15;1-2-20-15(19)16(7-3-8-16)21-14-6-9-18-13-5-4-11(17)10-12(13)14/h5-7,10-11H,3-4,8-9H2,1-2H3;4-6,9-10H,2-3,7-8H2,1H3. The Balaban J connectivity index is 0.000000168. The zero-order valence-corrected chi connectivity index (χ0v) is 27.4. The summed E-state index contributed by atoms with van der Waals surface area (Å²) in [5.41, 5.74) is 3.13. The number of carbonyl (C=O) groups excluding carboxylic acids is 2. The zero-order valence-electron chi connectivity index (χ0n) is 24.2. The maximum absolute atomic E-state index is 12.3. The van der Waals surface area contributed by atoms with Gasteiger partial charge >= 0.3 is 11.9 Å². The van der Waals surface area contributed by atoms with Crippen molar-refractivity contribution in [2.24, 2.45) is 0 Å². The van der Waals surface area contributed by atoms with Gasteiger partial charge in [0.1, 0.15) is 9.49 Å². The third-order valence-corrected chi connectivity index (χ3v) is 11.3. The van der Waals surface area contributed by atoms with Crippen LogP contribution in [0.2, 0.25) is 0 Å². The van der Waals surface area contributed by atoms with Crippen molar-refractivity contribution in [3.05, 3.63) is 71.0 Å². The van der Waals surface area contributed by atoms with E-state index in [0.29, 0.717) is 13.2 Å². The molecular weight excluding hydrogens is 632 g/mol. The molecular formula is C33H35BrN2O4S2. The number of hydrogen-bond acceptors (Lipinski definition) is 8. The molecule has 42 heavy (non-hydrogen) atoms. The Labute approximate surface area is 263 Å². The van der Waals surface area contributed by atoms with Crippen LogP contribution in [0.25, 0.3) is 21.8 Å². The zero-order chi connectivity index (χ0) is 29.7. The van der Waals surface area contributed by atoms with Gasteiger partial charge in [-0.3, -0.25) is 19.6 Å². The summed E-state index contributed by atoms with van der Waals surface area (Å²) in [6.45, 7) is 6.67. The molecule has 4 aromatic rings. The van der Waals surface area contributed by atoms with Crippen LogP contribution in [0, 0.1) is 6.92 Å². The van der Waals surface area contributed by atoms with Gasteiger partial charge in [0.15, 0.2) is 0 Å². The lowest BCUT2D eigenvalue weighted by atomic mass is 9.84. The predicted molar refractivity (Wildman–Crippen MR) is 174 cm³/mol. The Morgan fingerprint density at radius 1 is 0.762 bits per heavy atom. The van der Waals surface area contributed by atoms with E-state index in [1.165, 1.54) is 5.56 Å². The first-order valence-electron chi connectivity index (χ1n) is 14.4. The molecule has 0 atom stereocenters. The first-order valence-corrected chi connectivity index (χ1v) is 16.8. The molecule has 0 saturated heterocycles. The van der Waals surface area contributed by atoms with Crippen molar-refractivity contribution < 1.29 is 19.1 Å². The van der Waals surface area contributed by atoms with Crippen molar-refractivity contribution in [2.45, 2.75) is 78.6 Å². The Hall–Kier alpha value is -2.62. The van der Waals surface area contributed by atoms with Crippen molar-refractivity contribution in [2.75, 3.05) is 13.2 Å². The lowest BCUT2D eigenvalue weighted by molar-refractivity contribution is -0.149. The molecule has 2 fully saturated rings. The third kappa shape index (κ3) is 6.48. The SMILES string of the molecule is CCOC(=O)C1(Sc2ccnc3ccc(Br)cc23)CCC1.CCOC(=O)C1(Sc2ccnc3ccc(C)cc23)CCC1. The first kappa shape index (κ1) is 30.8. The Bertz CT molecular complexity index is 1480. The van der Waals surface area contributed by atoms with E-state index in [-0.39, 0.29) is 11.9 Å². The summed E-state index contributed by atoms with van der Waals surface area (Å²) < 4.78 is 10.8. The summed E-state index contributed by atoms with van der Waals surface area (Å²) in [4.78, 5) is 35.6. The monoisotopic (exact) mass is 666 g/mol. The van der Waals surface area contributed by atoms with Gasteiger partial charge in [-0.05, 0) is 102 Å². The highest BCUT2D eigenvalue weighted by Crippen LogP contribution is 2.51. The highest BCUT2D eigenvalue weighted by atomic mass is 79.9. The second-order valence-corrected chi connectivity index (χ2v) is 14.4. The summed E-state index contributed by atoms with van der Waals surface area (Å²) in [5.74, 6) is -0.153. The number of fused-ring (bicyclic) bond motifs is 2. The highest BCUT2D eigenvalue weighted by Gasteiger charge is 2.47. The molecule has 2 aromatic carbocycles. The van der Waals surface area contributed by atoms with E-state index in [1.807, 2.05) is 50.4 Å². The van der Waals surface area contributed by atoms with Crippen LogP contribution in [0.1, 0.15) is 57.9 Å². The lowest BCUT2D eigenvalue weighted by Crippen LogP contribution is -2.43. The lowest BCUT2D eigenvalue weighted by Gasteiger charge is -2.38. The third-order valence-electron chi connectivity index (χ3n) is 7.75. The van der Waals surface area contributed by atoms with Crippen LogP contribution in [0.15, 0.2) is 75.2 Å². The average molecular weight is 668 g/mol. The topological polar surface area (TPSA) is 78.4 Å². The summed E-state index contributed by atoms with van der Waals surface area (Å²) in [6, 6.07) is 16.3. The molecule has 2 aliphatic carbocycles. The number of hydrogen-bond donors (Lipinski definition) is 0. The van der Waals surface area contributed by atoms with E-state index in [1.54, 1.807) is 29.7 Å². The molecule has 0 spiro atoms. The maximum Gasteiger partial charge on any atom is 0.322 e. The molecule has 0 radical (unpaired) electrons. The molecule has 9 heteroatoms. The normalized spacial score (nSPS) is 16.5. The van der Waals surface area contributed by atoms with E-state index >= 15 is 0 Å². The number of ether oxygens (including phenoxy) is 2. The number of pyridine rings is 2. The molecule has 0 N–H and O–H groups in total. The van der Waals surface area contributed by atoms with Crippen LogP contribution < -0.4 is 0 Å². The molecule has 0 bridgehead atoms. The number of thioether (sulfide) groups is 2. The maximum atomic E-state index is 12.3. The number of carbonyl (C=O) groups is 2. The van der Waals surface area contributed by atoms with E-state index in [9.17, 15) is 9.59 Å². The van der Waals surface area contributed by atoms with E-state index in [2.05, 4.69) is 51.0 Å². The van der Waals surface area contributed by atoms with Crippen LogP contribution >= 0.6 is 39.5 Å². The van der Waals surface area contributed by atoms with Gasteiger partial charge in [0.2, 0.25) is 0 Å². The van der Waals surface area contributed by atoms with Gasteiger partial charge in [0, 0.05) is 37.4 Å². The average Bonchev–Trinajstić information content (AvgIpc) is 2.93. The van der Waals surface area contributed by atoms with E-state index < -0.39 is 9.49 Å². The van der Waals surface area contributed by atoms with Crippen LogP contribution in [0.3, 0.4) is 0 Å². The van der Waals surface area contributed by atoms with Gasteiger partial charge in [0.05, 0.1) is 24.2 Å². The summed E-state index contributed by atoms with van der Waals surface area (Å²) in [7, 11) is 0. The van der Waals surface area contributed by atoms with Gasteiger partial charge in [-0.2, -0.15) is 0 Å². The fourth-order valence-corrected chi connectivity index (χ4v) is 8.42. The van der Waals surface area contributed by atoms with Gasteiger partial charge < -0.3 is 9.47 Å². The molecule has 2 heterocycles. The predicted octanol–water partition coefficient (Wildman–Crippen LogP) is 8.70. The second-order valence-electron chi connectivity index (χ2n) is 10.6. The van der Waals surface area contributed by atoms with Crippen LogP contribution in [0.4, 0.5) is 0 Å². The molecule has 0 unspecified atom stereocenters. The number of nitrogens with zero attached hydrogens (tertiary/aromatic N) is 2. The number of halogens is 1. The number of rotatable bonds is 8. The van der Waals surface area contributed by atoms with Crippen LogP contribution in [0.5, 0.6) is 0 Å². The molecule has 2 saturated carbocycles. The number of benzene rings is 2. The minimum absolute atomic E-state index is 0.0705. The summed E-state index contributed by atoms with van der Waals surface area (Å²) >= 11 is 6.78. The molecule has 0 amide bonds. The Kier molecular flexibility index (Phi) is 9.80. The Morgan fingerprint density at radius 2 is 1.24 bits per heavy atom. The highest BCUT2D eigenvalue weighted by molar-refractivity contribution is 9.10. The number of aromatic nitrogens is 2. The second kappa shape index (κ2) is 13.3. The van der Waals surface area contributed by atoms with Crippen molar-refractivity contribution >= 4 is 73.2 Å². The van der Waals surface area contributed by atoms with Gasteiger partial charge in [-0.25, -0.2) is 0 Å². The van der Waals surface area contributed by atoms with Crippen LogP contribution in [-0.2, 0) is 19.1 Å². The van der Waals surface area contributed by atoms with Crippen molar-refractivity contribution in [1.82, 2.24) is 9.97 Å². The van der Waals surface area contributed by atoms with E-state index in [4.69, 9.17) is 9.47 Å². The van der Waals surface area contributed by atoms with Crippen LogP contribution in [-0.4, -0.2) is 44.6 Å². The minimum Gasteiger partial charge on any atom is -0.465 e. The van der Waals surface area contributed by atoms with Gasteiger partial charge in [0.25, 0.3) is 0 Å². The molecule has 6 nitrogen and oxygen atoms in total. The van der Waals surface area contributed by atoms with Gasteiger partial charge in [-0.1, -0.05) is 27.6 Å². The van der Waals surface area contributed by atoms with Crippen molar-refractivity contribution in [1.29, 1.82) is 0 Å². The smallest absolute Gasteiger partial charge is 0.322 e. The fraction of sp³-hybridized carbons (Fsp3) is 0.394. The summed E-state index contributed by atoms with van der Waals surface area (Å²) in [5, 5.41) is 2.20. The number of esters is 2. The summed E-state index contributed by atoms with van der Waals surface area (Å²) in [6.07, 6.45) is 9.35. The fourth-order valence-electron chi connectivity index (χ4n) is 5.14. The largest absolute Gasteiger partial charge is 0.465 e. The molecule has 220 valence electrons. The first-order chi connectivity index (χ1) is 20.3. The Morgan fingerprint density at radius 3 is 1.69 bits per heavy atom. The van der Waals surface area contributed by atoms with Crippen molar-refractivity contribution in [3.8, 4) is 0 Å². The molecule has 6 rings (SSSR count).